The van der Waals surface area contributed by atoms with Gasteiger partial charge in [-0.05, 0) is 25.0 Å². The molecule has 0 aliphatic carbocycles. The van der Waals surface area contributed by atoms with Gasteiger partial charge in [-0.2, -0.15) is 5.10 Å². The average molecular weight is 449 g/mol. The third kappa shape index (κ3) is 5.62. The van der Waals surface area contributed by atoms with E-state index in [0.29, 0.717) is 10.9 Å². The standard InChI is InChI=1S/C21H22F2N4OS2/c1-15(30-20(29)25-10-9-16-5-3-2-4-6-16)21(28,12-27-14-24-13-26-27)18-8-7-17(22)11-19(18)23/h2-8,11,13-15,28H,9-10,12H2,1H3,(H,25,29)/t15-,21-/m1/s1. The number of thioether (sulfide) groups is 1. The topological polar surface area (TPSA) is 63.0 Å². The second-order valence-corrected chi connectivity index (χ2v) is 8.87. The third-order valence-corrected chi connectivity index (χ3v) is 6.28. The van der Waals surface area contributed by atoms with Crippen molar-refractivity contribution in [3.05, 3.63) is 83.9 Å². The van der Waals surface area contributed by atoms with Crippen LogP contribution in [-0.4, -0.2) is 36.0 Å². The van der Waals surface area contributed by atoms with Crippen LogP contribution in [0.1, 0.15) is 18.1 Å². The summed E-state index contributed by atoms with van der Waals surface area (Å²) >= 11 is 6.64. The summed E-state index contributed by atoms with van der Waals surface area (Å²) in [6.07, 6.45) is 3.56. The van der Waals surface area contributed by atoms with Crippen molar-refractivity contribution in [2.75, 3.05) is 6.54 Å². The molecule has 0 fully saturated rings. The fourth-order valence-corrected chi connectivity index (χ4v) is 4.53. The lowest BCUT2D eigenvalue weighted by atomic mass is 9.90. The molecule has 3 aromatic rings. The molecule has 1 heterocycles. The Kier molecular flexibility index (Phi) is 7.52. The normalized spacial score (nSPS) is 14.1. The zero-order chi connectivity index (χ0) is 21.6. The highest BCUT2D eigenvalue weighted by atomic mass is 32.2. The lowest BCUT2D eigenvalue weighted by molar-refractivity contribution is 0.0136. The van der Waals surface area contributed by atoms with Crippen molar-refractivity contribution >= 4 is 28.3 Å². The summed E-state index contributed by atoms with van der Waals surface area (Å²) in [7, 11) is 0. The molecule has 0 radical (unpaired) electrons. The van der Waals surface area contributed by atoms with Crippen LogP contribution >= 0.6 is 24.0 Å². The number of aromatic nitrogens is 3. The van der Waals surface area contributed by atoms with Crippen LogP contribution in [0.4, 0.5) is 8.78 Å². The van der Waals surface area contributed by atoms with Crippen LogP contribution in [0.5, 0.6) is 0 Å². The van der Waals surface area contributed by atoms with Crippen LogP contribution in [0, 0.1) is 11.6 Å². The molecule has 2 N–H and O–H groups in total. The number of aliphatic hydroxyl groups is 1. The fourth-order valence-electron chi connectivity index (χ4n) is 3.09. The third-order valence-electron chi connectivity index (χ3n) is 4.75. The molecule has 9 heteroatoms. The van der Waals surface area contributed by atoms with E-state index < -0.39 is 22.5 Å². The number of benzene rings is 2. The minimum atomic E-state index is -1.69. The van der Waals surface area contributed by atoms with Crippen molar-refractivity contribution in [2.45, 2.75) is 30.7 Å². The maximum absolute atomic E-state index is 14.6. The molecule has 5 nitrogen and oxygen atoms in total. The van der Waals surface area contributed by atoms with Crippen LogP contribution in [0.15, 0.2) is 61.2 Å². The summed E-state index contributed by atoms with van der Waals surface area (Å²) < 4.78 is 29.9. The van der Waals surface area contributed by atoms with Crippen molar-refractivity contribution < 1.29 is 13.9 Å². The predicted molar refractivity (Wildman–Crippen MR) is 118 cm³/mol. The van der Waals surface area contributed by atoms with Crippen molar-refractivity contribution in [3.8, 4) is 0 Å². The molecular weight excluding hydrogens is 426 g/mol. The molecule has 1 aromatic heterocycles. The lowest BCUT2D eigenvalue weighted by Crippen LogP contribution is -2.42. The molecule has 0 aliphatic rings. The van der Waals surface area contributed by atoms with E-state index in [1.807, 2.05) is 30.3 Å². The molecule has 3 rings (SSSR count). The second kappa shape index (κ2) is 10.1. The van der Waals surface area contributed by atoms with Gasteiger partial charge in [0.25, 0.3) is 0 Å². The maximum atomic E-state index is 14.6. The summed E-state index contributed by atoms with van der Waals surface area (Å²) in [6, 6.07) is 13.1. The van der Waals surface area contributed by atoms with Crippen molar-refractivity contribution in [1.29, 1.82) is 0 Å². The number of nitrogens with zero attached hydrogens (tertiary/aromatic N) is 3. The summed E-state index contributed by atoms with van der Waals surface area (Å²) in [5.74, 6) is -1.54. The number of hydrogen-bond acceptors (Lipinski definition) is 5. The van der Waals surface area contributed by atoms with Crippen LogP contribution in [0.3, 0.4) is 0 Å². The van der Waals surface area contributed by atoms with Gasteiger partial charge in [0.15, 0.2) is 0 Å². The highest BCUT2D eigenvalue weighted by Crippen LogP contribution is 2.36. The quantitative estimate of drug-likeness (QED) is 0.513. The minimum Gasteiger partial charge on any atom is -0.382 e. The van der Waals surface area contributed by atoms with E-state index in [0.717, 1.165) is 18.6 Å². The summed E-state index contributed by atoms with van der Waals surface area (Å²) in [4.78, 5) is 3.87. The van der Waals surface area contributed by atoms with Crippen LogP contribution < -0.4 is 5.32 Å². The molecule has 0 saturated carbocycles. The monoisotopic (exact) mass is 448 g/mol. The molecule has 0 aliphatic heterocycles. The van der Waals surface area contributed by atoms with Crippen LogP contribution in [0.2, 0.25) is 0 Å². The molecule has 0 spiro atoms. The van der Waals surface area contributed by atoms with Gasteiger partial charge in [0.2, 0.25) is 0 Å². The Morgan fingerprint density at radius 2 is 2.03 bits per heavy atom. The zero-order valence-electron chi connectivity index (χ0n) is 16.3. The second-order valence-electron chi connectivity index (χ2n) is 6.85. The Hall–Kier alpha value is -2.36. The summed E-state index contributed by atoms with van der Waals surface area (Å²) in [6.45, 7) is 2.32. The Morgan fingerprint density at radius 3 is 2.70 bits per heavy atom. The highest BCUT2D eigenvalue weighted by molar-refractivity contribution is 8.23. The van der Waals surface area contributed by atoms with Gasteiger partial charge in [-0.25, -0.2) is 18.4 Å². The average Bonchev–Trinajstić information content (AvgIpc) is 3.21. The Bertz CT molecular complexity index is 972. The molecule has 0 bridgehead atoms. The smallest absolute Gasteiger partial charge is 0.137 e. The zero-order valence-corrected chi connectivity index (χ0v) is 18.0. The highest BCUT2D eigenvalue weighted by Gasteiger charge is 2.40. The van der Waals surface area contributed by atoms with E-state index in [4.69, 9.17) is 12.2 Å². The first-order valence-electron chi connectivity index (χ1n) is 9.37. The van der Waals surface area contributed by atoms with Gasteiger partial charge in [0.05, 0.1) is 6.54 Å². The Labute approximate surface area is 183 Å². The summed E-state index contributed by atoms with van der Waals surface area (Å²) in [5, 5.41) is 18.1. The molecule has 2 atom stereocenters. The van der Waals surface area contributed by atoms with Gasteiger partial charge in [0, 0.05) is 23.4 Å². The molecule has 158 valence electrons. The van der Waals surface area contributed by atoms with Gasteiger partial charge in [-0.1, -0.05) is 60.4 Å². The first-order valence-corrected chi connectivity index (χ1v) is 10.7. The number of thiocarbonyl (C=S) groups is 1. The van der Waals surface area contributed by atoms with E-state index in [9.17, 15) is 13.9 Å². The molecular formula is C21H22F2N4OS2. The molecule has 30 heavy (non-hydrogen) atoms. The SMILES string of the molecule is C[C@@H](SC(=S)NCCc1ccccc1)[C@](O)(Cn1cncn1)c1ccc(F)cc1F. The van der Waals surface area contributed by atoms with Crippen molar-refractivity contribution in [2.24, 2.45) is 0 Å². The van der Waals surface area contributed by atoms with E-state index in [2.05, 4.69) is 15.4 Å². The van der Waals surface area contributed by atoms with E-state index in [1.54, 1.807) is 6.92 Å². The van der Waals surface area contributed by atoms with E-state index in [1.165, 1.54) is 40.7 Å². The molecule has 2 aromatic carbocycles. The first-order chi connectivity index (χ1) is 14.4. The number of nitrogens with one attached hydrogen (secondary N) is 1. The van der Waals surface area contributed by atoms with E-state index in [-0.39, 0.29) is 12.1 Å². The van der Waals surface area contributed by atoms with Crippen molar-refractivity contribution in [1.82, 2.24) is 20.1 Å². The van der Waals surface area contributed by atoms with Crippen molar-refractivity contribution in [3.63, 3.8) is 0 Å². The largest absolute Gasteiger partial charge is 0.382 e. The maximum Gasteiger partial charge on any atom is 0.137 e. The van der Waals surface area contributed by atoms with Gasteiger partial charge < -0.3 is 10.4 Å². The van der Waals surface area contributed by atoms with Gasteiger partial charge in [-0.3, -0.25) is 0 Å². The molecule has 0 unspecified atom stereocenters. The Balaban J connectivity index is 1.71. The predicted octanol–water partition coefficient (Wildman–Crippen LogP) is 3.68. The molecule has 0 amide bonds. The Morgan fingerprint density at radius 1 is 1.27 bits per heavy atom. The van der Waals surface area contributed by atoms with Gasteiger partial charge in [-0.15, -0.1) is 0 Å². The van der Waals surface area contributed by atoms with Gasteiger partial charge >= 0.3 is 0 Å². The van der Waals surface area contributed by atoms with E-state index >= 15 is 0 Å². The summed E-state index contributed by atoms with van der Waals surface area (Å²) in [5.41, 5.74) is -0.533. The van der Waals surface area contributed by atoms with Gasteiger partial charge in [0.1, 0.15) is 34.2 Å². The van der Waals surface area contributed by atoms with Crippen LogP contribution in [0.25, 0.3) is 0 Å². The number of hydrogen-bond donors (Lipinski definition) is 2. The van der Waals surface area contributed by atoms with Crippen LogP contribution in [-0.2, 0) is 18.6 Å². The first kappa shape index (κ1) is 22.3. The number of halogens is 2. The number of rotatable bonds is 8. The molecule has 0 saturated heterocycles. The fraction of sp³-hybridized carbons (Fsp3) is 0.286. The minimum absolute atomic E-state index is 0.0218. The lowest BCUT2D eigenvalue weighted by Gasteiger charge is -2.34.